The molecule has 9 atom stereocenters. The van der Waals surface area contributed by atoms with Gasteiger partial charge >= 0.3 is 5.97 Å². The minimum absolute atomic E-state index is 0.0247. The van der Waals surface area contributed by atoms with E-state index in [0.717, 1.165) is 41.5 Å². The summed E-state index contributed by atoms with van der Waals surface area (Å²) < 4.78 is 0. The summed E-state index contributed by atoms with van der Waals surface area (Å²) in [7, 11) is 3.31. The number of likely N-dealkylation sites (N-methyl/N-ethyl adjacent to an activating group) is 2. The molecule has 6 unspecified atom stereocenters. The number of aryl methyl sites for hydroxylation is 1. The molecule has 3 aliphatic rings. The third-order valence-corrected chi connectivity index (χ3v) is 14.3. The number of fused-ring (bicyclic) bond motifs is 2. The third kappa shape index (κ3) is 12.4. The second kappa shape index (κ2) is 22.3. The van der Waals surface area contributed by atoms with E-state index < -0.39 is 76.8 Å². The van der Waals surface area contributed by atoms with Crippen LogP contribution in [0.2, 0.25) is 0 Å². The molecule has 1 aliphatic carbocycles. The van der Waals surface area contributed by atoms with E-state index in [-0.39, 0.29) is 62.0 Å². The summed E-state index contributed by atoms with van der Waals surface area (Å²) in [5, 5.41) is 28.0. The number of carboxylic acid groups (broad SMARTS) is 1. The topological polar surface area (TPSA) is 218 Å². The van der Waals surface area contributed by atoms with Gasteiger partial charge in [-0.1, -0.05) is 114 Å². The Hall–Kier alpha value is -6.13. The van der Waals surface area contributed by atoms with Gasteiger partial charge in [-0.15, -0.1) is 0 Å². The predicted octanol–water partition coefficient (Wildman–Crippen LogP) is 3.91. The molecule has 1 fully saturated rings. The lowest BCUT2D eigenvalue weighted by molar-refractivity contribution is -0.148. The van der Waals surface area contributed by atoms with Crippen LogP contribution < -0.4 is 31.9 Å². The maximum absolute atomic E-state index is 15.0. The number of amides is 6. The second-order valence-corrected chi connectivity index (χ2v) is 21.5. The van der Waals surface area contributed by atoms with E-state index in [0.29, 0.717) is 5.56 Å². The van der Waals surface area contributed by atoms with Crippen LogP contribution >= 0.6 is 0 Å². The first kappa shape index (κ1) is 53.2. The van der Waals surface area contributed by atoms with Crippen LogP contribution in [-0.4, -0.2) is 119 Å². The molecule has 16 nitrogen and oxygen atoms in total. The van der Waals surface area contributed by atoms with Crippen LogP contribution in [0.1, 0.15) is 120 Å². The van der Waals surface area contributed by atoms with Gasteiger partial charge in [-0.3, -0.25) is 28.8 Å². The molecule has 3 aromatic rings. The van der Waals surface area contributed by atoms with E-state index in [1.165, 1.54) is 10.5 Å². The number of rotatable bonds is 16. The quantitative estimate of drug-likeness (QED) is 0.110. The summed E-state index contributed by atoms with van der Waals surface area (Å²) in [6.45, 7) is 14.7. The first-order valence-corrected chi connectivity index (χ1v) is 24.7. The molecular weight excluding hydrogens is 889 g/mol. The minimum atomic E-state index is -1.28. The summed E-state index contributed by atoms with van der Waals surface area (Å²) in [6, 6.07) is 16.2. The van der Waals surface area contributed by atoms with E-state index in [1.54, 1.807) is 57.1 Å². The lowest BCUT2D eigenvalue weighted by Gasteiger charge is -2.41. The average molecular weight is 963 g/mol. The Kier molecular flexibility index (Phi) is 17.0. The zero-order chi connectivity index (χ0) is 51.2. The largest absolute Gasteiger partial charge is 0.480 e. The van der Waals surface area contributed by atoms with Crippen molar-refractivity contribution in [2.24, 2.45) is 10.8 Å². The molecule has 16 heteroatoms. The van der Waals surface area contributed by atoms with E-state index in [9.17, 15) is 38.7 Å². The monoisotopic (exact) mass is 963 g/mol. The van der Waals surface area contributed by atoms with Gasteiger partial charge in [0.15, 0.2) is 0 Å². The van der Waals surface area contributed by atoms with Crippen LogP contribution in [0.4, 0.5) is 0 Å². The van der Waals surface area contributed by atoms with E-state index in [4.69, 9.17) is 0 Å². The zero-order valence-electron chi connectivity index (χ0n) is 42.5. The molecule has 0 spiro atoms. The molecule has 6 amide bonds. The number of benzene rings is 3. The molecule has 0 bridgehead atoms. The van der Waals surface area contributed by atoms with E-state index >= 15 is 0 Å². The fourth-order valence-electron chi connectivity index (χ4n) is 9.81. The van der Waals surface area contributed by atoms with Crippen LogP contribution in [0.3, 0.4) is 0 Å². The van der Waals surface area contributed by atoms with Crippen molar-refractivity contribution in [1.29, 1.82) is 0 Å². The molecule has 2 aliphatic heterocycles. The van der Waals surface area contributed by atoms with Crippen molar-refractivity contribution >= 4 is 41.4 Å². The lowest BCUT2D eigenvalue weighted by atomic mass is 9.83. The van der Waals surface area contributed by atoms with Crippen molar-refractivity contribution < 1.29 is 38.7 Å². The second-order valence-electron chi connectivity index (χ2n) is 21.5. The number of likely N-dealkylation sites (tertiary alicyclic amines) is 1. The van der Waals surface area contributed by atoms with Crippen molar-refractivity contribution in [3.05, 3.63) is 106 Å². The summed E-state index contributed by atoms with van der Waals surface area (Å²) in [5.41, 5.74) is 3.78. The Balaban J connectivity index is 1.36. The van der Waals surface area contributed by atoms with Gasteiger partial charge in [0.2, 0.25) is 35.4 Å². The standard InChI is InChI=1S/C54H74N8O8/c1-31(55-9)46(63)59-44(53(3,4)5)50(67)61-29-37-26-35(23-24-36(37)27-42(61)49(66)58-41(52(69)70)25-33-17-12-11-13-18-33)38-28-43(48(65)57-40-22-16-20-34-19-14-15-21-39(34)40)62(30-38)51(68)45(54(6,7)8)60-47(64)32(2)56-10/h11-15,17-19,21,23-24,26,31-32,38,40-45,55-56H,16,20,22,25,27-30H2,1-10H3,(H,57,65)(H,58,66)(H,59,63)(H,60,64)(H,69,70)/t31-,32-,38?,40?,41-,42?,43?,44?,45?/m0/s1. The average Bonchev–Trinajstić information content (AvgIpc) is 3.78. The Morgan fingerprint density at radius 1 is 0.686 bits per heavy atom. The van der Waals surface area contributed by atoms with Gasteiger partial charge in [-0.25, -0.2) is 4.79 Å². The highest BCUT2D eigenvalue weighted by molar-refractivity contribution is 5.96. The Labute approximate surface area is 412 Å². The molecule has 0 aromatic heterocycles. The molecule has 70 heavy (non-hydrogen) atoms. The van der Waals surface area contributed by atoms with Crippen molar-refractivity contribution in [3.63, 3.8) is 0 Å². The lowest BCUT2D eigenvalue weighted by Crippen LogP contribution is -2.62. The van der Waals surface area contributed by atoms with E-state index in [1.807, 2.05) is 84.0 Å². The SMILES string of the molecule is CN[C@@H](C)C(=O)NC(C(=O)N1CC(c2ccc3c(c2)CN(C(=O)C(NC(=O)[C@H](C)NC)C(C)(C)C)C(C(=O)N[C@@H](Cc2ccccc2)C(=O)O)C3)CC1C(=O)NC1CCCc2ccccc21)C(C)(C)C. The highest BCUT2D eigenvalue weighted by Gasteiger charge is 2.47. The number of carboxylic acids is 1. The maximum Gasteiger partial charge on any atom is 0.326 e. The summed E-state index contributed by atoms with van der Waals surface area (Å²) in [5.74, 6) is -4.09. The Morgan fingerprint density at radius 2 is 1.27 bits per heavy atom. The first-order valence-electron chi connectivity index (χ1n) is 24.7. The highest BCUT2D eigenvalue weighted by Crippen LogP contribution is 2.38. The molecule has 2 heterocycles. The fraction of sp³-hybridized carbons (Fsp3) is 0.537. The van der Waals surface area contributed by atoms with Crippen molar-refractivity contribution in [1.82, 2.24) is 41.7 Å². The number of hydrogen-bond donors (Lipinski definition) is 7. The van der Waals surface area contributed by atoms with Crippen molar-refractivity contribution in [2.75, 3.05) is 20.6 Å². The first-order chi connectivity index (χ1) is 33.0. The number of hydrogen-bond acceptors (Lipinski definition) is 9. The number of nitrogens with one attached hydrogen (secondary N) is 6. The molecule has 3 aromatic carbocycles. The fourth-order valence-corrected chi connectivity index (χ4v) is 9.81. The van der Waals surface area contributed by atoms with Gasteiger partial charge in [0.25, 0.3) is 0 Å². The van der Waals surface area contributed by atoms with Gasteiger partial charge in [0, 0.05) is 31.8 Å². The summed E-state index contributed by atoms with van der Waals surface area (Å²) >= 11 is 0. The molecule has 6 rings (SSSR count). The van der Waals surface area contributed by atoms with Crippen LogP contribution in [0.15, 0.2) is 72.8 Å². The molecule has 378 valence electrons. The number of nitrogens with zero attached hydrogens (tertiary/aromatic N) is 2. The molecule has 0 saturated carbocycles. The van der Waals surface area contributed by atoms with Crippen LogP contribution in [-0.2, 0) is 59.4 Å². The van der Waals surface area contributed by atoms with Gasteiger partial charge in [0.1, 0.15) is 30.2 Å². The van der Waals surface area contributed by atoms with E-state index in [2.05, 4.69) is 38.0 Å². The Bertz CT molecular complexity index is 2410. The molecule has 7 N–H and O–H groups in total. The summed E-state index contributed by atoms with van der Waals surface area (Å²) in [4.78, 5) is 101. The van der Waals surface area contributed by atoms with Gasteiger partial charge in [-0.05, 0) is 97.8 Å². The molecule has 0 radical (unpaired) electrons. The normalized spacial score (nSPS) is 21.2. The Morgan fingerprint density at radius 3 is 1.86 bits per heavy atom. The summed E-state index contributed by atoms with van der Waals surface area (Å²) in [6.07, 6.45) is 2.95. The van der Waals surface area contributed by atoms with Gasteiger partial charge < -0.3 is 46.8 Å². The van der Waals surface area contributed by atoms with Crippen LogP contribution in [0.5, 0.6) is 0 Å². The third-order valence-electron chi connectivity index (χ3n) is 14.3. The number of carbonyl (C=O) groups is 7. The van der Waals surface area contributed by atoms with Crippen molar-refractivity contribution in [3.8, 4) is 0 Å². The maximum atomic E-state index is 15.0. The smallest absolute Gasteiger partial charge is 0.326 e. The van der Waals surface area contributed by atoms with Crippen LogP contribution in [0.25, 0.3) is 0 Å². The molecule has 1 saturated heterocycles. The van der Waals surface area contributed by atoms with Crippen molar-refractivity contribution in [2.45, 2.75) is 155 Å². The number of carbonyl (C=O) groups excluding carboxylic acids is 6. The molecular formula is C54H74N8O8. The minimum Gasteiger partial charge on any atom is -0.480 e. The highest BCUT2D eigenvalue weighted by atomic mass is 16.4. The predicted molar refractivity (Wildman–Crippen MR) is 267 cm³/mol. The zero-order valence-corrected chi connectivity index (χ0v) is 42.5. The van der Waals surface area contributed by atoms with Gasteiger partial charge in [0.05, 0.1) is 18.1 Å². The number of aliphatic carboxylic acids is 1. The van der Waals surface area contributed by atoms with Crippen LogP contribution in [0, 0.1) is 10.8 Å². The van der Waals surface area contributed by atoms with Gasteiger partial charge in [-0.2, -0.15) is 0 Å².